The van der Waals surface area contributed by atoms with Gasteiger partial charge in [-0.25, -0.2) is 14.4 Å². The second-order valence-corrected chi connectivity index (χ2v) is 11.4. The quantitative estimate of drug-likeness (QED) is 0.448. The molecular formula is C29H34ClFN6O3. The summed E-state index contributed by atoms with van der Waals surface area (Å²) in [5.74, 6) is -0.475. The van der Waals surface area contributed by atoms with Crippen LogP contribution in [0.2, 0.25) is 5.02 Å². The first kappa shape index (κ1) is 28.4. The number of hydrogen-bond donors (Lipinski definition) is 2. The van der Waals surface area contributed by atoms with Crippen molar-refractivity contribution in [2.24, 2.45) is 5.92 Å². The van der Waals surface area contributed by atoms with Crippen LogP contribution in [0.15, 0.2) is 23.1 Å². The predicted molar refractivity (Wildman–Crippen MR) is 152 cm³/mol. The number of likely N-dealkylation sites (tertiary alicyclic amines) is 1. The van der Waals surface area contributed by atoms with Gasteiger partial charge in [-0.15, -0.1) is 0 Å². The number of aliphatic hydroxyl groups excluding tert-OH is 1. The van der Waals surface area contributed by atoms with E-state index in [4.69, 9.17) is 16.3 Å². The Morgan fingerprint density at radius 3 is 2.88 bits per heavy atom. The molecule has 0 unspecified atom stereocenters. The van der Waals surface area contributed by atoms with E-state index in [9.17, 15) is 15.2 Å². The summed E-state index contributed by atoms with van der Waals surface area (Å²) in [6.07, 6.45) is 2.74. The highest BCUT2D eigenvalue weighted by molar-refractivity contribution is 6.35. The largest absolute Gasteiger partial charge is 0.389 e. The zero-order chi connectivity index (χ0) is 28.6. The van der Waals surface area contributed by atoms with Gasteiger partial charge in [-0.1, -0.05) is 11.6 Å². The number of hydrogen-bond acceptors (Lipinski definition) is 8. The maximum Gasteiger partial charge on any atom is 0.223 e. The maximum atomic E-state index is 15.1. The number of nitrogens with one attached hydrogen (secondary N) is 1. The number of anilines is 1. The van der Waals surface area contributed by atoms with Crippen LogP contribution in [0.5, 0.6) is 0 Å². The highest BCUT2D eigenvalue weighted by atomic mass is 35.5. The van der Waals surface area contributed by atoms with Crippen molar-refractivity contribution in [3.8, 4) is 17.3 Å². The van der Waals surface area contributed by atoms with Crippen LogP contribution in [0.3, 0.4) is 0 Å². The fourth-order valence-corrected chi connectivity index (χ4v) is 6.09. The first-order valence-electron chi connectivity index (χ1n) is 13.7. The van der Waals surface area contributed by atoms with Gasteiger partial charge in [-0.05, 0) is 58.7 Å². The summed E-state index contributed by atoms with van der Waals surface area (Å²) in [6.45, 7) is 8.62. The minimum atomic E-state index is -0.730. The van der Waals surface area contributed by atoms with Crippen LogP contribution in [0, 0.1) is 30.0 Å². The lowest BCUT2D eigenvalue weighted by Gasteiger charge is -2.32. The highest BCUT2D eigenvalue weighted by Gasteiger charge is 2.26. The third-order valence-electron chi connectivity index (χ3n) is 7.86. The monoisotopic (exact) mass is 568 g/mol. The van der Waals surface area contributed by atoms with Crippen molar-refractivity contribution in [2.75, 3.05) is 31.6 Å². The molecule has 0 bridgehead atoms. The second-order valence-electron chi connectivity index (χ2n) is 11.0. The lowest BCUT2D eigenvalue weighted by Crippen LogP contribution is -2.42. The van der Waals surface area contributed by atoms with E-state index in [1.807, 2.05) is 20.8 Å². The number of pyridine rings is 1. The molecule has 0 saturated carbocycles. The van der Waals surface area contributed by atoms with Crippen molar-refractivity contribution >= 4 is 28.5 Å². The number of nitriles is 1. The van der Waals surface area contributed by atoms with Crippen molar-refractivity contribution in [2.45, 2.75) is 64.8 Å². The first-order valence-corrected chi connectivity index (χ1v) is 14.1. The molecule has 9 nitrogen and oxygen atoms in total. The Hall–Kier alpha value is -3.10. The van der Waals surface area contributed by atoms with Crippen molar-refractivity contribution in [3.63, 3.8) is 0 Å². The van der Waals surface area contributed by atoms with Crippen LogP contribution in [0.4, 0.5) is 10.3 Å². The summed E-state index contributed by atoms with van der Waals surface area (Å²) in [5, 5.41) is 23.4. The Bertz CT molecular complexity index is 1520. The molecule has 2 aliphatic rings. The standard InChI is InChI=1S/C29H34ClFN6O3/c1-16(2)37-23-10-19(27-21(31)12-33-29(35-27)34-22-6-8-40-15-25(22)38)9-20(30)26(23)28(39)17(3)24(37)14-36-7-4-5-18(11-32)13-36/h9-10,12,16,18,22,25,38H,4-8,13-15H2,1-3H3,(H,33,34,35)/t18-,22+,25+/m0/s1. The Morgan fingerprint density at radius 2 is 2.15 bits per heavy atom. The molecule has 5 rings (SSSR count). The van der Waals surface area contributed by atoms with Gasteiger partial charge in [0.25, 0.3) is 0 Å². The molecule has 2 fully saturated rings. The lowest BCUT2D eigenvalue weighted by molar-refractivity contribution is -0.0136. The van der Waals surface area contributed by atoms with Crippen molar-refractivity contribution in [3.05, 3.63) is 50.7 Å². The van der Waals surface area contributed by atoms with Crippen molar-refractivity contribution in [1.82, 2.24) is 19.4 Å². The average Bonchev–Trinajstić information content (AvgIpc) is 2.93. The highest BCUT2D eigenvalue weighted by Crippen LogP contribution is 2.33. The number of ether oxygens (including phenoxy) is 1. The van der Waals surface area contributed by atoms with E-state index in [2.05, 4.69) is 30.8 Å². The number of fused-ring (bicyclic) bond motifs is 1. The minimum Gasteiger partial charge on any atom is -0.389 e. The van der Waals surface area contributed by atoms with Crippen molar-refractivity contribution < 1.29 is 14.2 Å². The van der Waals surface area contributed by atoms with E-state index in [1.165, 1.54) is 0 Å². The Balaban J connectivity index is 1.60. The van der Waals surface area contributed by atoms with Crippen molar-refractivity contribution in [1.29, 1.82) is 5.26 Å². The van der Waals surface area contributed by atoms with Crippen LogP contribution >= 0.6 is 11.6 Å². The third-order valence-corrected chi connectivity index (χ3v) is 8.15. The van der Waals surface area contributed by atoms with Gasteiger partial charge in [0.1, 0.15) is 5.69 Å². The normalized spacial score (nSPS) is 22.0. The fourth-order valence-electron chi connectivity index (χ4n) is 5.79. The van der Waals surface area contributed by atoms with Gasteiger partial charge < -0.3 is 19.7 Å². The van der Waals surface area contributed by atoms with E-state index < -0.39 is 11.9 Å². The second kappa shape index (κ2) is 11.8. The lowest BCUT2D eigenvalue weighted by atomic mass is 9.98. The molecule has 2 saturated heterocycles. The predicted octanol–water partition coefficient (Wildman–Crippen LogP) is 4.44. The van der Waals surface area contributed by atoms with Gasteiger partial charge >= 0.3 is 0 Å². The van der Waals surface area contributed by atoms with Gasteiger partial charge in [0.15, 0.2) is 11.2 Å². The molecule has 3 atom stereocenters. The summed E-state index contributed by atoms with van der Waals surface area (Å²) < 4.78 is 22.5. The number of rotatable bonds is 6. The number of aliphatic hydroxyl groups is 1. The molecule has 11 heteroatoms. The topological polar surface area (TPSA) is 116 Å². The number of halogens is 2. The smallest absolute Gasteiger partial charge is 0.223 e. The first-order chi connectivity index (χ1) is 19.2. The molecular weight excluding hydrogens is 535 g/mol. The number of piperidine rings is 1. The zero-order valence-electron chi connectivity index (χ0n) is 23.0. The maximum absolute atomic E-state index is 15.1. The SMILES string of the molecule is Cc1c(CN2CCC[C@@H](C#N)C2)n(C(C)C)c2cc(-c3nc(N[C@@H]4CCOC[C@H]4O)ncc3F)cc(Cl)c2c1=O. The van der Waals surface area contributed by atoms with Gasteiger partial charge in [0.2, 0.25) is 5.95 Å². The molecule has 0 spiro atoms. The minimum absolute atomic E-state index is 0.0258. The van der Waals surface area contributed by atoms with E-state index in [-0.39, 0.29) is 46.7 Å². The summed E-state index contributed by atoms with van der Waals surface area (Å²) in [7, 11) is 0. The Kier molecular flexibility index (Phi) is 8.38. The van der Waals surface area contributed by atoms with Crippen LogP contribution in [0.25, 0.3) is 22.2 Å². The van der Waals surface area contributed by atoms with E-state index in [0.717, 1.165) is 31.3 Å². The van der Waals surface area contributed by atoms with Crippen LogP contribution in [-0.2, 0) is 11.3 Å². The third kappa shape index (κ3) is 5.56. The molecule has 40 heavy (non-hydrogen) atoms. The Morgan fingerprint density at radius 1 is 1.35 bits per heavy atom. The van der Waals surface area contributed by atoms with Gasteiger partial charge in [0, 0.05) is 42.6 Å². The molecule has 1 aromatic carbocycles. The summed E-state index contributed by atoms with van der Waals surface area (Å²) >= 11 is 6.73. The molecule has 2 aliphatic heterocycles. The molecule has 212 valence electrons. The average molecular weight is 569 g/mol. The number of nitrogens with zero attached hydrogens (tertiary/aromatic N) is 5. The van der Waals surface area contributed by atoms with Gasteiger partial charge in [-0.3, -0.25) is 9.69 Å². The van der Waals surface area contributed by atoms with Gasteiger partial charge in [0.05, 0.1) is 52.9 Å². The number of aromatic nitrogens is 3. The molecule has 4 heterocycles. The van der Waals surface area contributed by atoms with E-state index >= 15 is 4.39 Å². The summed E-state index contributed by atoms with van der Waals surface area (Å²) in [5.41, 5.74) is 2.37. The number of benzene rings is 1. The molecule has 3 aromatic rings. The van der Waals surface area contributed by atoms with E-state index in [1.54, 1.807) is 12.1 Å². The molecule has 0 radical (unpaired) electrons. The molecule has 2 aromatic heterocycles. The molecule has 2 N–H and O–H groups in total. The van der Waals surface area contributed by atoms with Crippen LogP contribution < -0.4 is 10.7 Å². The molecule has 0 aliphatic carbocycles. The van der Waals surface area contributed by atoms with Crippen LogP contribution in [-0.4, -0.2) is 63.0 Å². The van der Waals surface area contributed by atoms with Gasteiger partial charge in [-0.2, -0.15) is 5.26 Å². The fraction of sp³-hybridized carbons (Fsp3) is 0.517. The van der Waals surface area contributed by atoms with E-state index in [0.29, 0.717) is 48.1 Å². The summed E-state index contributed by atoms with van der Waals surface area (Å²) in [6, 6.07) is 5.36. The molecule has 0 amide bonds. The zero-order valence-corrected chi connectivity index (χ0v) is 23.7. The summed E-state index contributed by atoms with van der Waals surface area (Å²) in [4.78, 5) is 24.3. The Labute approximate surface area is 237 Å². The van der Waals surface area contributed by atoms with Crippen LogP contribution in [0.1, 0.15) is 50.4 Å².